The van der Waals surface area contributed by atoms with Gasteiger partial charge in [0.15, 0.2) is 11.2 Å². The van der Waals surface area contributed by atoms with E-state index in [9.17, 15) is 9.59 Å². The lowest BCUT2D eigenvalue weighted by atomic mass is 10.2. The standard InChI is InChI=1S/C21H24Cl2N6O2/c1-13(2)11-27-6-8-28(9-7-27)20-24-18-17(19(30)25-21(31)26(18)3)29(20)12-14-4-5-15(22)10-16(14)23/h4-5,10H,1,6-9,11-12H2,2-3H3,(H,25,30,31). The van der Waals surface area contributed by atoms with Gasteiger partial charge in [-0.05, 0) is 24.6 Å². The van der Waals surface area contributed by atoms with Crippen molar-refractivity contribution >= 4 is 40.3 Å². The first-order chi connectivity index (χ1) is 14.7. The summed E-state index contributed by atoms with van der Waals surface area (Å²) in [5.41, 5.74) is 1.65. The monoisotopic (exact) mass is 462 g/mol. The zero-order chi connectivity index (χ0) is 22.3. The number of nitrogens with one attached hydrogen (secondary N) is 1. The molecule has 4 rings (SSSR count). The quantitative estimate of drug-likeness (QED) is 0.589. The molecule has 0 radical (unpaired) electrons. The highest BCUT2D eigenvalue weighted by Crippen LogP contribution is 2.26. The SMILES string of the molecule is C=C(C)CN1CCN(c2nc3c(c(=O)[nH]c(=O)n3C)n2Cc2ccc(Cl)cc2Cl)CC1. The van der Waals surface area contributed by atoms with Crippen molar-refractivity contribution in [1.29, 1.82) is 0 Å². The maximum atomic E-state index is 12.8. The summed E-state index contributed by atoms with van der Waals surface area (Å²) in [5, 5.41) is 1.05. The molecule has 164 valence electrons. The van der Waals surface area contributed by atoms with Crippen molar-refractivity contribution < 1.29 is 0 Å². The fourth-order valence-corrected chi connectivity index (χ4v) is 4.39. The Morgan fingerprint density at radius 1 is 1.19 bits per heavy atom. The number of aryl methyl sites for hydroxylation is 1. The minimum Gasteiger partial charge on any atom is -0.340 e. The highest BCUT2D eigenvalue weighted by molar-refractivity contribution is 6.35. The van der Waals surface area contributed by atoms with Crippen LogP contribution in [0.15, 0.2) is 39.9 Å². The highest BCUT2D eigenvalue weighted by atomic mass is 35.5. The lowest BCUT2D eigenvalue weighted by molar-refractivity contribution is 0.276. The maximum Gasteiger partial charge on any atom is 0.329 e. The summed E-state index contributed by atoms with van der Waals surface area (Å²) in [6, 6.07) is 5.27. The molecule has 1 N–H and O–H groups in total. The normalized spacial score (nSPS) is 15.0. The number of benzene rings is 1. The van der Waals surface area contributed by atoms with Crippen LogP contribution < -0.4 is 16.1 Å². The van der Waals surface area contributed by atoms with Crippen molar-refractivity contribution in [2.45, 2.75) is 13.5 Å². The van der Waals surface area contributed by atoms with Crippen molar-refractivity contribution in [2.24, 2.45) is 7.05 Å². The Labute approximate surface area is 189 Å². The van der Waals surface area contributed by atoms with E-state index in [4.69, 9.17) is 28.2 Å². The first kappa shape index (κ1) is 21.7. The topological polar surface area (TPSA) is 79.2 Å². The van der Waals surface area contributed by atoms with Crippen LogP contribution in [0.1, 0.15) is 12.5 Å². The van der Waals surface area contributed by atoms with Gasteiger partial charge in [0.1, 0.15) is 0 Å². The summed E-state index contributed by atoms with van der Waals surface area (Å²) in [5.74, 6) is 0.641. The van der Waals surface area contributed by atoms with E-state index in [1.54, 1.807) is 19.2 Å². The van der Waals surface area contributed by atoms with Crippen LogP contribution in [0, 0.1) is 0 Å². The summed E-state index contributed by atoms with van der Waals surface area (Å²) < 4.78 is 3.19. The van der Waals surface area contributed by atoms with Crippen molar-refractivity contribution in [3.8, 4) is 0 Å². The molecule has 31 heavy (non-hydrogen) atoms. The third-order valence-corrected chi connectivity index (χ3v) is 6.07. The third-order valence-electron chi connectivity index (χ3n) is 5.48. The van der Waals surface area contributed by atoms with Crippen LogP contribution in [0.3, 0.4) is 0 Å². The van der Waals surface area contributed by atoms with E-state index in [0.717, 1.165) is 43.9 Å². The van der Waals surface area contributed by atoms with Crippen molar-refractivity contribution in [2.75, 3.05) is 37.6 Å². The van der Waals surface area contributed by atoms with Gasteiger partial charge in [-0.3, -0.25) is 23.8 Å². The number of nitrogens with zero attached hydrogens (tertiary/aromatic N) is 5. The molecule has 0 spiro atoms. The van der Waals surface area contributed by atoms with E-state index in [1.165, 1.54) is 4.57 Å². The molecule has 3 heterocycles. The molecule has 2 aromatic heterocycles. The predicted octanol–water partition coefficient (Wildman–Crippen LogP) is 2.48. The van der Waals surface area contributed by atoms with E-state index in [0.29, 0.717) is 33.7 Å². The molecule has 0 amide bonds. The van der Waals surface area contributed by atoms with Crippen LogP contribution in [-0.4, -0.2) is 56.7 Å². The van der Waals surface area contributed by atoms with Gasteiger partial charge in [0.25, 0.3) is 5.56 Å². The van der Waals surface area contributed by atoms with Gasteiger partial charge in [0.05, 0.1) is 6.54 Å². The Kier molecular flexibility index (Phi) is 5.96. The molecule has 1 aliphatic heterocycles. The fraction of sp³-hybridized carbons (Fsp3) is 0.381. The molecule has 1 aromatic carbocycles. The maximum absolute atomic E-state index is 12.8. The minimum absolute atomic E-state index is 0.328. The summed E-state index contributed by atoms with van der Waals surface area (Å²) in [6.45, 7) is 10.4. The number of aromatic nitrogens is 4. The number of hydrogen-bond acceptors (Lipinski definition) is 5. The van der Waals surface area contributed by atoms with E-state index < -0.39 is 11.2 Å². The lowest BCUT2D eigenvalue weighted by Crippen LogP contribution is -2.47. The summed E-state index contributed by atoms with van der Waals surface area (Å²) in [7, 11) is 1.60. The second kappa shape index (κ2) is 8.53. The van der Waals surface area contributed by atoms with E-state index >= 15 is 0 Å². The van der Waals surface area contributed by atoms with Crippen LogP contribution in [0.4, 0.5) is 5.95 Å². The minimum atomic E-state index is -0.496. The van der Waals surface area contributed by atoms with E-state index in [-0.39, 0.29) is 0 Å². The Bertz CT molecular complexity index is 1270. The number of anilines is 1. The van der Waals surface area contributed by atoms with Gasteiger partial charge in [-0.25, -0.2) is 4.79 Å². The van der Waals surface area contributed by atoms with Crippen LogP contribution in [0.2, 0.25) is 10.0 Å². The molecule has 0 atom stereocenters. The molecular formula is C21H24Cl2N6O2. The summed E-state index contributed by atoms with van der Waals surface area (Å²) >= 11 is 12.5. The Balaban J connectivity index is 1.79. The van der Waals surface area contributed by atoms with Gasteiger partial charge >= 0.3 is 5.69 Å². The number of hydrogen-bond donors (Lipinski definition) is 1. The molecule has 1 aliphatic rings. The molecule has 0 aliphatic carbocycles. The Morgan fingerprint density at radius 3 is 2.55 bits per heavy atom. The zero-order valence-corrected chi connectivity index (χ0v) is 19.0. The van der Waals surface area contributed by atoms with Gasteiger partial charge in [0, 0.05) is 49.8 Å². The molecule has 1 fully saturated rings. The fourth-order valence-electron chi connectivity index (χ4n) is 3.92. The number of rotatable bonds is 5. The van der Waals surface area contributed by atoms with Crippen molar-refractivity contribution in [3.05, 3.63) is 66.8 Å². The van der Waals surface area contributed by atoms with Crippen LogP contribution in [-0.2, 0) is 13.6 Å². The summed E-state index contributed by atoms with van der Waals surface area (Å²) in [4.78, 5) is 36.5. The van der Waals surface area contributed by atoms with Gasteiger partial charge in [0.2, 0.25) is 5.95 Å². The Hall–Kier alpha value is -2.55. The van der Waals surface area contributed by atoms with Crippen LogP contribution in [0.25, 0.3) is 11.2 Å². The van der Waals surface area contributed by atoms with Gasteiger partial charge in [-0.2, -0.15) is 4.98 Å². The number of imidazole rings is 1. The van der Waals surface area contributed by atoms with Gasteiger partial charge < -0.3 is 4.90 Å². The second-order valence-electron chi connectivity index (χ2n) is 7.94. The summed E-state index contributed by atoms with van der Waals surface area (Å²) in [6.07, 6.45) is 0. The highest BCUT2D eigenvalue weighted by Gasteiger charge is 2.25. The molecular weight excluding hydrogens is 439 g/mol. The average molecular weight is 463 g/mol. The molecule has 0 bridgehead atoms. The van der Waals surface area contributed by atoms with Crippen molar-refractivity contribution in [1.82, 2.24) is 24.0 Å². The third kappa shape index (κ3) is 4.28. The number of piperazine rings is 1. The number of aromatic amines is 1. The average Bonchev–Trinajstić information content (AvgIpc) is 3.08. The van der Waals surface area contributed by atoms with E-state index in [1.807, 2.05) is 17.6 Å². The lowest BCUT2D eigenvalue weighted by Gasteiger charge is -2.35. The first-order valence-corrected chi connectivity index (χ1v) is 10.8. The predicted molar refractivity (Wildman–Crippen MR) is 125 cm³/mol. The molecule has 3 aromatic rings. The van der Waals surface area contributed by atoms with Gasteiger partial charge in [-0.15, -0.1) is 0 Å². The van der Waals surface area contributed by atoms with Crippen molar-refractivity contribution in [3.63, 3.8) is 0 Å². The molecule has 8 nitrogen and oxygen atoms in total. The van der Waals surface area contributed by atoms with Gasteiger partial charge in [-0.1, -0.05) is 41.4 Å². The van der Waals surface area contributed by atoms with Crippen LogP contribution >= 0.6 is 23.2 Å². The molecule has 0 saturated carbocycles. The number of fused-ring (bicyclic) bond motifs is 1. The largest absolute Gasteiger partial charge is 0.340 e. The zero-order valence-electron chi connectivity index (χ0n) is 17.5. The van der Waals surface area contributed by atoms with E-state index in [2.05, 4.69) is 21.4 Å². The Morgan fingerprint density at radius 2 is 1.90 bits per heavy atom. The number of H-pyrrole nitrogens is 1. The molecule has 0 unspecified atom stereocenters. The first-order valence-electron chi connectivity index (χ1n) is 9.99. The molecule has 10 heteroatoms. The molecule has 1 saturated heterocycles. The smallest absolute Gasteiger partial charge is 0.329 e. The second-order valence-corrected chi connectivity index (χ2v) is 8.79. The number of halogens is 2. The van der Waals surface area contributed by atoms with Crippen LogP contribution in [0.5, 0.6) is 0 Å².